The number of benzene rings is 2. The van der Waals surface area contributed by atoms with E-state index < -0.39 is 35.1 Å². The van der Waals surface area contributed by atoms with E-state index in [4.69, 9.17) is 18.9 Å². The highest BCUT2D eigenvalue weighted by atomic mass is 19.2. The molecule has 44 heavy (non-hydrogen) atoms. The zero-order valence-corrected chi connectivity index (χ0v) is 26.5. The first kappa shape index (κ1) is 33.3. The minimum Gasteiger partial charge on any atom is -0.460 e. The van der Waals surface area contributed by atoms with Gasteiger partial charge in [-0.2, -0.15) is 0 Å². The summed E-state index contributed by atoms with van der Waals surface area (Å²) in [6.07, 6.45) is 0.282. The van der Waals surface area contributed by atoms with Crippen LogP contribution in [0.15, 0.2) is 48.5 Å². The molecule has 0 saturated carbocycles. The van der Waals surface area contributed by atoms with Gasteiger partial charge < -0.3 is 23.5 Å². The fourth-order valence-corrected chi connectivity index (χ4v) is 5.44. The van der Waals surface area contributed by atoms with Crippen molar-refractivity contribution in [1.82, 2.24) is 9.55 Å². The number of rotatable bonds is 10. The van der Waals surface area contributed by atoms with Gasteiger partial charge in [-0.05, 0) is 70.7 Å². The molecule has 3 aromatic rings. The standard InChI is InChI=1S/C34H42F2N2O6/c1-21(2)30-29(32(40)41-20-22-11-9-8-10-12-22)37-31(23-13-14-26(35)27(36)17-23)38(30)16-15-24-18-25(43-34(6,7)42-24)19-28(39)44-33(3,4)5/h8-14,17,21,24-25H,15-16,18-20H2,1-7H3. The Hall–Kier alpha value is -3.63. The van der Waals surface area contributed by atoms with E-state index in [0.717, 1.165) is 17.7 Å². The predicted octanol–water partition coefficient (Wildman–Crippen LogP) is 7.34. The number of carbonyl (C=O) groups is 2. The molecule has 8 nitrogen and oxygen atoms in total. The van der Waals surface area contributed by atoms with E-state index in [9.17, 15) is 18.4 Å². The van der Waals surface area contributed by atoms with Crippen molar-refractivity contribution in [2.45, 2.75) is 110 Å². The molecule has 1 aliphatic rings. The van der Waals surface area contributed by atoms with Crippen molar-refractivity contribution in [2.75, 3.05) is 0 Å². The van der Waals surface area contributed by atoms with Gasteiger partial charge in [0.15, 0.2) is 23.1 Å². The van der Waals surface area contributed by atoms with Gasteiger partial charge in [0.1, 0.15) is 18.0 Å². The molecule has 10 heteroatoms. The third-order valence-corrected chi connectivity index (χ3v) is 7.05. The van der Waals surface area contributed by atoms with Crippen molar-refractivity contribution in [3.05, 3.63) is 77.1 Å². The molecule has 0 radical (unpaired) electrons. The molecule has 0 spiro atoms. The number of esters is 2. The summed E-state index contributed by atoms with van der Waals surface area (Å²) >= 11 is 0. The second kappa shape index (κ2) is 13.6. The number of imidazole rings is 1. The molecule has 1 aliphatic heterocycles. The lowest BCUT2D eigenvalue weighted by Gasteiger charge is -2.41. The summed E-state index contributed by atoms with van der Waals surface area (Å²) in [5.41, 5.74) is 1.27. The molecule has 0 aliphatic carbocycles. The van der Waals surface area contributed by atoms with Crippen LogP contribution >= 0.6 is 0 Å². The van der Waals surface area contributed by atoms with E-state index in [-0.39, 0.29) is 36.7 Å². The van der Waals surface area contributed by atoms with Crippen LogP contribution in [0.5, 0.6) is 0 Å². The van der Waals surface area contributed by atoms with Crippen LogP contribution in [0.25, 0.3) is 11.4 Å². The molecule has 0 amide bonds. The summed E-state index contributed by atoms with van der Waals surface area (Å²) in [7, 11) is 0. The van der Waals surface area contributed by atoms with Gasteiger partial charge in [0.2, 0.25) is 0 Å². The quantitative estimate of drug-likeness (QED) is 0.221. The lowest BCUT2D eigenvalue weighted by atomic mass is 10.0. The molecule has 1 aromatic heterocycles. The van der Waals surface area contributed by atoms with Gasteiger partial charge in [0, 0.05) is 18.5 Å². The molecule has 238 valence electrons. The smallest absolute Gasteiger partial charge is 0.359 e. The number of hydrogen-bond acceptors (Lipinski definition) is 7. The van der Waals surface area contributed by atoms with Gasteiger partial charge in [0.25, 0.3) is 0 Å². The lowest BCUT2D eigenvalue weighted by molar-refractivity contribution is -0.301. The summed E-state index contributed by atoms with van der Waals surface area (Å²) < 4.78 is 53.5. The summed E-state index contributed by atoms with van der Waals surface area (Å²) in [4.78, 5) is 30.6. The van der Waals surface area contributed by atoms with Crippen LogP contribution in [-0.2, 0) is 36.9 Å². The van der Waals surface area contributed by atoms with E-state index in [1.54, 1.807) is 13.8 Å². The van der Waals surface area contributed by atoms with Crippen molar-refractivity contribution in [2.24, 2.45) is 0 Å². The number of aromatic nitrogens is 2. The normalized spacial score (nSPS) is 18.3. The van der Waals surface area contributed by atoms with E-state index in [0.29, 0.717) is 36.5 Å². The Kier molecular flexibility index (Phi) is 10.3. The maximum Gasteiger partial charge on any atom is 0.359 e. The second-order valence-electron chi connectivity index (χ2n) is 12.9. The van der Waals surface area contributed by atoms with Crippen LogP contribution in [0.3, 0.4) is 0 Å². The second-order valence-corrected chi connectivity index (χ2v) is 12.9. The molecule has 0 N–H and O–H groups in total. The van der Waals surface area contributed by atoms with Gasteiger partial charge in [-0.3, -0.25) is 4.79 Å². The van der Waals surface area contributed by atoms with Crippen molar-refractivity contribution >= 4 is 11.9 Å². The van der Waals surface area contributed by atoms with Crippen LogP contribution in [0, 0.1) is 11.6 Å². The van der Waals surface area contributed by atoms with Gasteiger partial charge in [-0.25, -0.2) is 18.6 Å². The zero-order valence-electron chi connectivity index (χ0n) is 26.5. The summed E-state index contributed by atoms with van der Waals surface area (Å²) in [5, 5.41) is 0. The van der Waals surface area contributed by atoms with Gasteiger partial charge in [-0.1, -0.05) is 44.2 Å². The van der Waals surface area contributed by atoms with Crippen LogP contribution < -0.4 is 0 Å². The highest BCUT2D eigenvalue weighted by molar-refractivity contribution is 5.90. The Morgan fingerprint density at radius 1 is 1.05 bits per heavy atom. The molecule has 2 aromatic carbocycles. The first-order valence-electron chi connectivity index (χ1n) is 15.0. The fourth-order valence-electron chi connectivity index (χ4n) is 5.44. The largest absolute Gasteiger partial charge is 0.460 e. The molecule has 2 unspecified atom stereocenters. The highest BCUT2D eigenvalue weighted by Gasteiger charge is 2.37. The first-order chi connectivity index (χ1) is 20.6. The van der Waals surface area contributed by atoms with Gasteiger partial charge >= 0.3 is 11.9 Å². The van der Waals surface area contributed by atoms with Crippen LogP contribution in [-0.4, -0.2) is 45.1 Å². The third kappa shape index (κ3) is 8.72. The van der Waals surface area contributed by atoms with E-state index in [2.05, 4.69) is 4.98 Å². The molecule has 1 fully saturated rings. The molecule has 1 saturated heterocycles. The topological polar surface area (TPSA) is 88.9 Å². The molecular formula is C34H42F2N2O6. The number of nitrogens with zero attached hydrogens (tertiary/aromatic N) is 2. The summed E-state index contributed by atoms with van der Waals surface area (Å²) in [6.45, 7) is 13.3. The number of carbonyl (C=O) groups excluding carboxylic acids is 2. The fraction of sp³-hybridized carbons (Fsp3) is 0.500. The van der Waals surface area contributed by atoms with Crippen LogP contribution in [0.2, 0.25) is 0 Å². The predicted molar refractivity (Wildman–Crippen MR) is 161 cm³/mol. The number of ether oxygens (including phenoxy) is 4. The molecule has 0 bridgehead atoms. The molecule has 2 atom stereocenters. The van der Waals surface area contributed by atoms with Crippen LogP contribution in [0.1, 0.15) is 95.4 Å². The average molecular weight is 613 g/mol. The van der Waals surface area contributed by atoms with E-state index >= 15 is 0 Å². The Labute approximate surface area is 257 Å². The monoisotopic (exact) mass is 612 g/mol. The summed E-state index contributed by atoms with van der Waals surface area (Å²) in [5.74, 6) is -3.75. The first-order valence-corrected chi connectivity index (χ1v) is 15.0. The molecule has 2 heterocycles. The summed E-state index contributed by atoms with van der Waals surface area (Å²) in [6, 6.07) is 12.8. The Morgan fingerprint density at radius 2 is 1.73 bits per heavy atom. The number of halogens is 2. The maximum atomic E-state index is 14.4. The van der Waals surface area contributed by atoms with Gasteiger partial charge in [0.05, 0.1) is 24.3 Å². The minimum atomic E-state index is -1.02. The third-order valence-electron chi connectivity index (χ3n) is 7.05. The maximum absolute atomic E-state index is 14.4. The zero-order chi connectivity index (χ0) is 32.2. The average Bonchev–Trinajstić information content (AvgIpc) is 3.30. The van der Waals surface area contributed by atoms with Crippen molar-refractivity contribution < 1.29 is 37.3 Å². The van der Waals surface area contributed by atoms with E-state index in [1.165, 1.54) is 6.07 Å². The van der Waals surface area contributed by atoms with Crippen LogP contribution in [0.4, 0.5) is 8.78 Å². The number of hydrogen-bond donors (Lipinski definition) is 0. The van der Waals surface area contributed by atoms with Crippen molar-refractivity contribution in [3.8, 4) is 11.4 Å². The van der Waals surface area contributed by atoms with E-state index in [1.807, 2.05) is 69.5 Å². The molecule has 4 rings (SSSR count). The minimum absolute atomic E-state index is 0.0641. The lowest BCUT2D eigenvalue weighted by Crippen LogP contribution is -2.46. The highest BCUT2D eigenvalue weighted by Crippen LogP contribution is 2.33. The van der Waals surface area contributed by atoms with Crippen molar-refractivity contribution in [1.29, 1.82) is 0 Å². The molecular weight excluding hydrogens is 570 g/mol. The SMILES string of the molecule is CC(C)c1c(C(=O)OCc2ccccc2)nc(-c2ccc(F)c(F)c2)n1CCC1CC(CC(=O)OC(C)(C)C)OC(C)(C)O1. The van der Waals surface area contributed by atoms with Crippen molar-refractivity contribution in [3.63, 3.8) is 0 Å². The Balaban J connectivity index is 1.62. The Bertz CT molecular complexity index is 1460. The van der Waals surface area contributed by atoms with Gasteiger partial charge in [-0.15, -0.1) is 0 Å². The Morgan fingerprint density at radius 3 is 2.36 bits per heavy atom.